The Kier molecular flexibility index (Phi) is 7.14. The standard InChI is InChI=1S/C21H27N5O2S2/c1-6-25(7-2)20-23-18-17(30-20)19(28)26(13(3)4)21(24-18)29-12-16(27)22-15-10-8-14(5)9-11-15/h8-11,13H,6-7,12H2,1-5H3,(H,22,27). The highest BCUT2D eigenvalue weighted by molar-refractivity contribution is 7.99. The van der Waals surface area contributed by atoms with Crippen LogP contribution < -0.4 is 15.8 Å². The fourth-order valence-corrected chi connectivity index (χ4v) is 4.99. The Balaban J connectivity index is 1.86. The van der Waals surface area contributed by atoms with Gasteiger partial charge in [0.1, 0.15) is 4.70 Å². The zero-order valence-corrected chi connectivity index (χ0v) is 19.6. The van der Waals surface area contributed by atoms with Crippen molar-refractivity contribution in [1.82, 2.24) is 14.5 Å². The first kappa shape index (κ1) is 22.3. The molecule has 1 N–H and O–H groups in total. The van der Waals surface area contributed by atoms with Crippen LogP contribution in [-0.4, -0.2) is 39.3 Å². The van der Waals surface area contributed by atoms with Crippen molar-refractivity contribution in [2.24, 2.45) is 0 Å². The maximum absolute atomic E-state index is 13.1. The third kappa shape index (κ3) is 4.84. The average molecular weight is 446 g/mol. The summed E-state index contributed by atoms with van der Waals surface area (Å²) in [5, 5.41) is 4.19. The lowest BCUT2D eigenvalue weighted by Crippen LogP contribution is -2.25. The van der Waals surface area contributed by atoms with Crippen molar-refractivity contribution in [2.45, 2.75) is 45.8 Å². The van der Waals surface area contributed by atoms with Gasteiger partial charge in [-0.3, -0.25) is 14.2 Å². The number of carbonyl (C=O) groups excluding carboxylic acids is 1. The van der Waals surface area contributed by atoms with Gasteiger partial charge in [0.05, 0.1) is 5.75 Å². The molecule has 160 valence electrons. The van der Waals surface area contributed by atoms with Crippen molar-refractivity contribution in [2.75, 3.05) is 29.1 Å². The van der Waals surface area contributed by atoms with E-state index in [4.69, 9.17) is 0 Å². The maximum Gasteiger partial charge on any atom is 0.274 e. The number of hydrogen-bond acceptors (Lipinski definition) is 7. The number of aromatic nitrogens is 3. The number of nitrogens with one attached hydrogen (secondary N) is 1. The minimum Gasteiger partial charge on any atom is -0.349 e. The van der Waals surface area contributed by atoms with Crippen LogP contribution in [0.2, 0.25) is 0 Å². The molecular formula is C21H27N5O2S2. The molecule has 9 heteroatoms. The normalized spacial score (nSPS) is 11.3. The van der Waals surface area contributed by atoms with E-state index in [1.54, 1.807) is 4.57 Å². The van der Waals surface area contributed by atoms with E-state index in [0.717, 1.165) is 29.5 Å². The summed E-state index contributed by atoms with van der Waals surface area (Å²) in [5.41, 5.74) is 2.23. The smallest absolute Gasteiger partial charge is 0.274 e. The molecular weight excluding hydrogens is 418 g/mol. The largest absolute Gasteiger partial charge is 0.349 e. The van der Waals surface area contributed by atoms with Gasteiger partial charge in [-0.25, -0.2) is 4.98 Å². The molecule has 30 heavy (non-hydrogen) atoms. The third-order valence-electron chi connectivity index (χ3n) is 4.64. The minimum absolute atomic E-state index is 0.0731. The molecule has 0 saturated heterocycles. The van der Waals surface area contributed by atoms with Crippen LogP contribution in [0.1, 0.15) is 39.3 Å². The molecule has 0 radical (unpaired) electrons. The predicted molar refractivity (Wildman–Crippen MR) is 126 cm³/mol. The number of thioether (sulfide) groups is 1. The van der Waals surface area contributed by atoms with Crippen molar-refractivity contribution >= 4 is 50.2 Å². The van der Waals surface area contributed by atoms with E-state index in [0.29, 0.717) is 15.5 Å². The van der Waals surface area contributed by atoms with E-state index in [1.807, 2.05) is 45.0 Å². The van der Waals surface area contributed by atoms with Crippen LogP contribution in [-0.2, 0) is 4.79 Å². The summed E-state index contributed by atoms with van der Waals surface area (Å²) in [5.74, 6) is 0.0154. The summed E-state index contributed by atoms with van der Waals surface area (Å²) < 4.78 is 2.20. The Morgan fingerprint density at radius 2 is 1.87 bits per heavy atom. The molecule has 0 unspecified atom stereocenters. The Labute approximate surface area is 184 Å². The van der Waals surface area contributed by atoms with Gasteiger partial charge in [-0.15, -0.1) is 0 Å². The molecule has 0 fully saturated rings. The number of thiazole rings is 1. The van der Waals surface area contributed by atoms with E-state index >= 15 is 0 Å². The molecule has 1 aromatic carbocycles. The van der Waals surface area contributed by atoms with Gasteiger partial charge in [-0.05, 0) is 46.8 Å². The van der Waals surface area contributed by atoms with Crippen LogP contribution in [0.15, 0.2) is 34.2 Å². The highest BCUT2D eigenvalue weighted by Gasteiger charge is 2.20. The van der Waals surface area contributed by atoms with E-state index < -0.39 is 0 Å². The lowest BCUT2D eigenvalue weighted by atomic mass is 10.2. The van der Waals surface area contributed by atoms with Gasteiger partial charge in [-0.2, -0.15) is 4.98 Å². The highest BCUT2D eigenvalue weighted by atomic mass is 32.2. The number of benzene rings is 1. The maximum atomic E-state index is 13.1. The van der Waals surface area contributed by atoms with Gasteiger partial charge in [0.25, 0.3) is 5.56 Å². The van der Waals surface area contributed by atoms with E-state index in [2.05, 4.69) is 34.0 Å². The summed E-state index contributed by atoms with van der Waals surface area (Å²) in [6.45, 7) is 11.6. The zero-order valence-electron chi connectivity index (χ0n) is 17.9. The van der Waals surface area contributed by atoms with Gasteiger partial charge in [0.15, 0.2) is 15.9 Å². The first-order chi connectivity index (χ1) is 14.3. The van der Waals surface area contributed by atoms with Crippen molar-refractivity contribution in [3.63, 3.8) is 0 Å². The molecule has 1 amide bonds. The summed E-state index contributed by atoms with van der Waals surface area (Å²) in [6.07, 6.45) is 0. The molecule has 0 aliphatic rings. The molecule has 3 aromatic rings. The summed E-state index contributed by atoms with van der Waals surface area (Å²) >= 11 is 2.63. The quantitative estimate of drug-likeness (QED) is 0.411. The molecule has 0 aliphatic carbocycles. The molecule has 0 saturated carbocycles. The molecule has 2 aromatic heterocycles. The topological polar surface area (TPSA) is 80.1 Å². The molecule has 0 atom stereocenters. The second-order valence-electron chi connectivity index (χ2n) is 7.19. The number of anilines is 2. The van der Waals surface area contributed by atoms with Crippen molar-refractivity contribution < 1.29 is 4.79 Å². The lowest BCUT2D eigenvalue weighted by Gasteiger charge is -2.15. The Hall–Kier alpha value is -2.39. The van der Waals surface area contributed by atoms with Crippen molar-refractivity contribution in [1.29, 1.82) is 0 Å². The molecule has 7 nitrogen and oxygen atoms in total. The fourth-order valence-electron chi connectivity index (χ4n) is 3.01. The van der Waals surface area contributed by atoms with Crippen molar-refractivity contribution in [3.8, 4) is 0 Å². The molecule has 0 spiro atoms. The van der Waals surface area contributed by atoms with Gasteiger partial charge >= 0.3 is 0 Å². The van der Waals surface area contributed by atoms with Crippen LogP contribution in [0, 0.1) is 6.92 Å². The van der Waals surface area contributed by atoms with Crippen LogP contribution in [0.4, 0.5) is 10.8 Å². The zero-order chi connectivity index (χ0) is 21.8. The average Bonchev–Trinajstić information content (AvgIpc) is 3.13. The fraction of sp³-hybridized carbons (Fsp3) is 0.429. The second-order valence-corrected chi connectivity index (χ2v) is 9.11. The van der Waals surface area contributed by atoms with E-state index in [9.17, 15) is 9.59 Å². The molecule has 0 aliphatic heterocycles. The Bertz CT molecular complexity index is 1090. The Morgan fingerprint density at radius 3 is 2.47 bits per heavy atom. The summed E-state index contributed by atoms with van der Waals surface area (Å²) in [6, 6.07) is 7.57. The van der Waals surface area contributed by atoms with Crippen molar-refractivity contribution in [3.05, 3.63) is 40.2 Å². The molecule has 2 heterocycles. The van der Waals surface area contributed by atoms with Gasteiger partial charge in [0, 0.05) is 24.8 Å². The van der Waals surface area contributed by atoms with E-state index in [-0.39, 0.29) is 23.3 Å². The van der Waals surface area contributed by atoms with Crippen LogP contribution >= 0.6 is 23.1 Å². The number of carbonyl (C=O) groups is 1. The Morgan fingerprint density at radius 1 is 1.20 bits per heavy atom. The minimum atomic E-state index is -0.143. The van der Waals surface area contributed by atoms with E-state index in [1.165, 1.54) is 23.1 Å². The summed E-state index contributed by atoms with van der Waals surface area (Å²) in [7, 11) is 0. The van der Waals surface area contributed by atoms with Gasteiger partial charge in [0.2, 0.25) is 5.91 Å². The number of fused-ring (bicyclic) bond motifs is 1. The van der Waals surface area contributed by atoms with Crippen LogP contribution in [0.3, 0.4) is 0 Å². The number of amides is 1. The highest BCUT2D eigenvalue weighted by Crippen LogP contribution is 2.28. The lowest BCUT2D eigenvalue weighted by molar-refractivity contribution is -0.113. The monoisotopic (exact) mass is 445 g/mol. The molecule has 0 bridgehead atoms. The number of nitrogens with zero attached hydrogens (tertiary/aromatic N) is 4. The summed E-state index contributed by atoms with van der Waals surface area (Å²) in [4.78, 5) is 36.9. The van der Waals surface area contributed by atoms with Gasteiger partial charge < -0.3 is 10.2 Å². The third-order valence-corrected chi connectivity index (χ3v) is 6.68. The predicted octanol–water partition coefficient (Wildman–Crippen LogP) is 4.32. The first-order valence-corrected chi connectivity index (χ1v) is 11.8. The number of rotatable bonds is 8. The first-order valence-electron chi connectivity index (χ1n) is 10.0. The molecule has 3 rings (SSSR count). The van der Waals surface area contributed by atoms with Gasteiger partial charge in [-0.1, -0.05) is 40.8 Å². The second kappa shape index (κ2) is 9.61. The number of hydrogen-bond donors (Lipinski definition) is 1. The van der Waals surface area contributed by atoms with Crippen LogP contribution in [0.5, 0.6) is 0 Å². The van der Waals surface area contributed by atoms with Crippen LogP contribution in [0.25, 0.3) is 10.3 Å². The SMILES string of the molecule is CCN(CC)c1nc2nc(SCC(=O)Nc3ccc(C)cc3)n(C(C)C)c(=O)c2s1. The number of aryl methyl sites for hydroxylation is 1.